The molecule has 10 heteroatoms. The molecule has 0 unspecified atom stereocenters. The van der Waals surface area contributed by atoms with Crippen LogP contribution in [0.15, 0.2) is 32.9 Å². The molecular weight excluding hydrogens is 380 g/mol. The third-order valence-corrected chi connectivity index (χ3v) is 4.75. The lowest BCUT2D eigenvalue weighted by Gasteiger charge is -2.14. The van der Waals surface area contributed by atoms with Gasteiger partial charge in [0.2, 0.25) is 5.88 Å². The fourth-order valence-electron chi connectivity index (χ4n) is 3.25. The predicted molar refractivity (Wildman–Crippen MR) is 106 cm³/mol. The van der Waals surface area contributed by atoms with Gasteiger partial charge in [0, 0.05) is 26.7 Å². The third kappa shape index (κ3) is 4.11. The Balaban J connectivity index is 1.87. The molecule has 3 rings (SSSR count). The summed E-state index contributed by atoms with van der Waals surface area (Å²) in [5, 5.41) is 14.8. The molecule has 0 saturated carbocycles. The number of aromatic amines is 1. The minimum Gasteiger partial charge on any atom is -0.494 e. The Labute approximate surface area is 166 Å². The maximum atomic E-state index is 12.4. The topological polar surface area (TPSA) is 127 Å². The van der Waals surface area contributed by atoms with Crippen molar-refractivity contribution in [3.05, 3.63) is 50.2 Å². The number of nitrogens with zero attached hydrogens (tertiary/aromatic N) is 2. The van der Waals surface area contributed by atoms with Crippen molar-refractivity contribution in [1.29, 1.82) is 0 Å². The molecule has 1 aliphatic heterocycles. The first kappa shape index (κ1) is 20.5. The van der Waals surface area contributed by atoms with Gasteiger partial charge in [0.1, 0.15) is 5.56 Å². The summed E-state index contributed by atoms with van der Waals surface area (Å²) in [6.07, 6.45) is 0.858. The number of nitrogens with one attached hydrogen (secondary N) is 2. The van der Waals surface area contributed by atoms with Crippen molar-refractivity contribution in [3.63, 3.8) is 0 Å². The number of benzene rings is 1. The molecule has 1 aromatic heterocycles. The highest BCUT2D eigenvalue weighted by Crippen LogP contribution is 2.33. The quantitative estimate of drug-likeness (QED) is 0.554. The van der Waals surface area contributed by atoms with Gasteiger partial charge in [-0.1, -0.05) is 6.07 Å². The molecule has 0 radical (unpaired) electrons. The summed E-state index contributed by atoms with van der Waals surface area (Å²) in [4.78, 5) is 26.7. The van der Waals surface area contributed by atoms with E-state index in [1.54, 1.807) is 27.4 Å². The second-order valence-corrected chi connectivity index (χ2v) is 6.51. The van der Waals surface area contributed by atoms with Crippen LogP contribution in [0.1, 0.15) is 30.0 Å². The van der Waals surface area contributed by atoms with E-state index in [1.807, 2.05) is 12.1 Å². The number of H-pyrrole nitrogens is 1. The summed E-state index contributed by atoms with van der Waals surface area (Å²) in [6.45, 7) is 0.631. The van der Waals surface area contributed by atoms with Crippen molar-refractivity contribution in [3.8, 4) is 17.4 Å². The van der Waals surface area contributed by atoms with E-state index in [-0.39, 0.29) is 18.2 Å². The summed E-state index contributed by atoms with van der Waals surface area (Å²) in [6, 6.07) is 5.25. The van der Waals surface area contributed by atoms with Crippen LogP contribution in [0, 0.1) is 0 Å². The summed E-state index contributed by atoms with van der Waals surface area (Å²) in [5.74, 6) is 0.781. The van der Waals surface area contributed by atoms with Crippen molar-refractivity contribution in [2.24, 2.45) is 5.10 Å². The standard InChI is InChI=1S/C19H24N4O6/c1-27-8-4-7-23-18(25)16(17(24)20-19(23)26)13-10-12(21-22-13)11-5-6-14(28-2)15(9-11)29-3/h5-6,9,12,21,25H,4,7-8,10H2,1-3H3,(H,20,24,26)/t12-/m0/s1. The molecule has 1 atom stereocenters. The summed E-state index contributed by atoms with van der Waals surface area (Å²) in [5.41, 5.74) is 2.85. The van der Waals surface area contributed by atoms with Crippen molar-refractivity contribution in [2.75, 3.05) is 27.9 Å². The van der Waals surface area contributed by atoms with E-state index in [4.69, 9.17) is 14.2 Å². The van der Waals surface area contributed by atoms with E-state index in [0.717, 1.165) is 10.1 Å². The number of rotatable bonds is 8. The third-order valence-electron chi connectivity index (χ3n) is 4.75. The summed E-state index contributed by atoms with van der Waals surface area (Å²) in [7, 11) is 4.66. The van der Waals surface area contributed by atoms with Crippen LogP contribution in [-0.2, 0) is 11.3 Å². The molecule has 0 spiro atoms. The van der Waals surface area contributed by atoms with Crippen LogP contribution >= 0.6 is 0 Å². The van der Waals surface area contributed by atoms with Gasteiger partial charge in [-0.2, -0.15) is 5.10 Å². The van der Waals surface area contributed by atoms with Gasteiger partial charge in [-0.3, -0.25) is 14.3 Å². The minimum absolute atomic E-state index is 0.0162. The Morgan fingerprint density at radius 3 is 2.66 bits per heavy atom. The van der Waals surface area contributed by atoms with Crippen LogP contribution in [0.25, 0.3) is 0 Å². The first-order chi connectivity index (χ1) is 14.0. The minimum atomic E-state index is -0.677. The Morgan fingerprint density at radius 2 is 1.97 bits per heavy atom. The normalized spacial score (nSPS) is 15.7. The molecule has 1 aromatic carbocycles. The van der Waals surface area contributed by atoms with E-state index >= 15 is 0 Å². The number of aromatic hydroxyl groups is 1. The molecule has 1 aliphatic rings. The molecule has 0 amide bonds. The molecule has 3 N–H and O–H groups in total. The molecule has 0 aliphatic carbocycles. The zero-order valence-corrected chi connectivity index (χ0v) is 16.5. The van der Waals surface area contributed by atoms with Gasteiger partial charge in [0.25, 0.3) is 5.56 Å². The van der Waals surface area contributed by atoms with Crippen LogP contribution in [0.5, 0.6) is 17.4 Å². The molecule has 2 aromatic rings. The maximum Gasteiger partial charge on any atom is 0.331 e. The van der Waals surface area contributed by atoms with Gasteiger partial charge < -0.3 is 24.7 Å². The first-order valence-corrected chi connectivity index (χ1v) is 9.09. The van der Waals surface area contributed by atoms with E-state index in [9.17, 15) is 14.7 Å². The average molecular weight is 404 g/mol. The largest absolute Gasteiger partial charge is 0.494 e. The van der Waals surface area contributed by atoms with Crippen molar-refractivity contribution in [1.82, 2.24) is 15.0 Å². The molecule has 10 nitrogen and oxygen atoms in total. The second-order valence-electron chi connectivity index (χ2n) is 6.51. The molecule has 29 heavy (non-hydrogen) atoms. The van der Waals surface area contributed by atoms with Gasteiger partial charge in [0.05, 0.1) is 26.0 Å². The number of aromatic nitrogens is 2. The summed E-state index contributed by atoms with van der Waals surface area (Å²) < 4.78 is 16.7. The second kappa shape index (κ2) is 8.82. The molecule has 156 valence electrons. The molecule has 2 heterocycles. The smallest absolute Gasteiger partial charge is 0.331 e. The lowest BCUT2D eigenvalue weighted by Crippen LogP contribution is -2.34. The highest BCUT2D eigenvalue weighted by atomic mass is 16.5. The van der Waals surface area contributed by atoms with E-state index in [0.29, 0.717) is 36.7 Å². The van der Waals surface area contributed by atoms with E-state index in [1.165, 1.54) is 0 Å². The predicted octanol–water partition coefficient (Wildman–Crippen LogP) is 0.735. The van der Waals surface area contributed by atoms with Gasteiger partial charge in [-0.05, 0) is 24.1 Å². The maximum absolute atomic E-state index is 12.4. The molecule has 0 fully saturated rings. The lowest BCUT2D eigenvalue weighted by molar-refractivity contribution is 0.188. The van der Waals surface area contributed by atoms with Crippen LogP contribution < -0.4 is 26.1 Å². The zero-order chi connectivity index (χ0) is 21.0. The zero-order valence-electron chi connectivity index (χ0n) is 16.5. The van der Waals surface area contributed by atoms with Crippen LogP contribution in [0.2, 0.25) is 0 Å². The monoisotopic (exact) mass is 404 g/mol. The number of ether oxygens (including phenoxy) is 3. The lowest BCUT2D eigenvalue weighted by atomic mass is 9.99. The van der Waals surface area contributed by atoms with Gasteiger partial charge in [-0.15, -0.1) is 0 Å². The van der Waals surface area contributed by atoms with Gasteiger partial charge >= 0.3 is 5.69 Å². The highest BCUT2D eigenvalue weighted by molar-refractivity contribution is 6.03. The molecular formula is C19H24N4O6. The molecule has 0 bridgehead atoms. The summed E-state index contributed by atoms with van der Waals surface area (Å²) >= 11 is 0. The van der Waals surface area contributed by atoms with Crippen molar-refractivity contribution < 1.29 is 19.3 Å². The Morgan fingerprint density at radius 1 is 1.21 bits per heavy atom. The Hall–Kier alpha value is -3.27. The van der Waals surface area contributed by atoms with Crippen molar-refractivity contribution in [2.45, 2.75) is 25.4 Å². The number of hydrazone groups is 1. The van der Waals surface area contributed by atoms with Gasteiger partial charge in [-0.25, -0.2) is 4.79 Å². The number of methoxy groups -OCH3 is 3. The SMILES string of the molecule is COCCCn1c(O)c(C2=NN[C@H](c3ccc(OC)c(OC)c3)C2)c(=O)[nH]c1=O. The first-order valence-electron chi connectivity index (χ1n) is 9.09. The number of hydrogen-bond donors (Lipinski definition) is 3. The van der Waals surface area contributed by atoms with Crippen molar-refractivity contribution >= 4 is 5.71 Å². The Bertz CT molecular complexity index is 1030. The van der Waals surface area contributed by atoms with Crippen LogP contribution in [0.4, 0.5) is 0 Å². The van der Waals surface area contributed by atoms with Gasteiger partial charge in [0.15, 0.2) is 11.5 Å². The number of hydrogen-bond acceptors (Lipinski definition) is 8. The fraction of sp³-hybridized carbons (Fsp3) is 0.421. The fourth-order valence-corrected chi connectivity index (χ4v) is 3.25. The average Bonchev–Trinajstić information content (AvgIpc) is 3.19. The van der Waals surface area contributed by atoms with E-state index < -0.39 is 17.1 Å². The van der Waals surface area contributed by atoms with E-state index in [2.05, 4.69) is 15.5 Å². The Kier molecular flexibility index (Phi) is 6.23. The van der Waals surface area contributed by atoms with Crippen LogP contribution in [0.3, 0.4) is 0 Å². The molecule has 0 saturated heterocycles. The van der Waals surface area contributed by atoms with Crippen LogP contribution in [-0.4, -0.2) is 48.3 Å². The highest BCUT2D eigenvalue weighted by Gasteiger charge is 2.27.